The van der Waals surface area contributed by atoms with Gasteiger partial charge < -0.3 is 15.2 Å². The fourth-order valence-corrected chi connectivity index (χ4v) is 2.69. The summed E-state index contributed by atoms with van der Waals surface area (Å²) in [6.07, 6.45) is 1.26. The predicted molar refractivity (Wildman–Crippen MR) is 100 cm³/mol. The Kier molecular flexibility index (Phi) is 7.68. The van der Waals surface area contributed by atoms with Gasteiger partial charge in [-0.15, -0.1) is 0 Å². The molecule has 5 heteroatoms. The van der Waals surface area contributed by atoms with E-state index in [0.717, 1.165) is 16.9 Å². The van der Waals surface area contributed by atoms with E-state index in [1.807, 2.05) is 61.5 Å². The van der Waals surface area contributed by atoms with Crippen LogP contribution >= 0.6 is 0 Å². The van der Waals surface area contributed by atoms with E-state index in [1.165, 1.54) is 0 Å². The molecule has 0 radical (unpaired) electrons. The highest BCUT2D eigenvalue weighted by Gasteiger charge is 2.15. The van der Waals surface area contributed by atoms with Gasteiger partial charge in [0.2, 0.25) is 5.91 Å². The Labute approximate surface area is 154 Å². The van der Waals surface area contributed by atoms with Gasteiger partial charge in [0.1, 0.15) is 5.75 Å². The molecule has 0 aromatic heterocycles. The number of aryl methyl sites for hydroxylation is 1. The second-order valence-corrected chi connectivity index (χ2v) is 6.30. The van der Waals surface area contributed by atoms with Crippen LogP contribution in [0.4, 0.5) is 0 Å². The van der Waals surface area contributed by atoms with E-state index >= 15 is 0 Å². The second kappa shape index (κ2) is 10.2. The Balaban J connectivity index is 1.83. The van der Waals surface area contributed by atoms with Crippen LogP contribution in [-0.2, 0) is 16.0 Å². The van der Waals surface area contributed by atoms with Crippen molar-refractivity contribution in [3.05, 3.63) is 65.7 Å². The largest absolute Gasteiger partial charge is 0.493 e. The van der Waals surface area contributed by atoms with Crippen molar-refractivity contribution in [1.29, 1.82) is 0 Å². The number of aliphatic carboxylic acids is 1. The van der Waals surface area contributed by atoms with E-state index in [4.69, 9.17) is 9.84 Å². The van der Waals surface area contributed by atoms with Crippen molar-refractivity contribution in [1.82, 2.24) is 5.32 Å². The number of carboxylic acids is 1. The first-order valence-electron chi connectivity index (χ1n) is 8.77. The van der Waals surface area contributed by atoms with E-state index in [9.17, 15) is 9.59 Å². The molecule has 2 rings (SSSR count). The number of rotatable bonds is 10. The minimum Gasteiger partial charge on any atom is -0.493 e. The maximum Gasteiger partial charge on any atom is 0.303 e. The highest BCUT2D eigenvalue weighted by molar-refractivity contribution is 5.76. The van der Waals surface area contributed by atoms with E-state index in [-0.39, 0.29) is 31.4 Å². The summed E-state index contributed by atoms with van der Waals surface area (Å²) in [4.78, 5) is 23.1. The van der Waals surface area contributed by atoms with Gasteiger partial charge in [-0.05, 0) is 43.0 Å². The van der Waals surface area contributed by atoms with Crippen LogP contribution in [-0.4, -0.2) is 29.6 Å². The molecule has 0 heterocycles. The summed E-state index contributed by atoms with van der Waals surface area (Å²) in [5.41, 5.74) is 2.17. The van der Waals surface area contributed by atoms with Crippen LogP contribution in [0.2, 0.25) is 0 Å². The standard InChI is InChI=1S/C21H25NO4/c1-16-6-5-9-19(14-16)26-13-12-20(23)22-18(10-11-21(24)25)15-17-7-3-2-4-8-17/h2-9,14,18H,10-13,15H2,1H3,(H,22,23)(H,24,25). The first-order valence-corrected chi connectivity index (χ1v) is 8.77. The molecule has 0 aliphatic heterocycles. The van der Waals surface area contributed by atoms with Gasteiger partial charge in [0.15, 0.2) is 0 Å². The minimum absolute atomic E-state index is 0.0254. The van der Waals surface area contributed by atoms with E-state index in [2.05, 4.69) is 5.32 Å². The number of carboxylic acid groups (broad SMARTS) is 1. The molecule has 0 bridgehead atoms. The Morgan fingerprint density at radius 3 is 2.54 bits per heavy atom. The van der Waals surface area contributed by atoms with Crippen LogP contribution < -0.4 is 10.1 Å². The van der Waals surface area contributed by atoms with Crippen LogP contribution in [0, 0.1) is 6.92 Å². The van der Waals surface area contributed by atoms with Crippen molar-refractivity contribution in [2.45, 2.75) is 38.6 Å². The third-order valence-corrected chi connectivity index (χ3v) is 3.98. The maximum absolute atomic E-state index is 12.2. The van der Waals surface area contributed by atoms with Gasteiger partial charge >= 0.3 is 5.97 Å². The zero-order valence-corrected chi connectivity index (χ0v) is 15.0. The molecule has 2 N–H and O–H groups in total. The van der Waals surface area contributed by atoms with Crippen molar-refractivity contribution in [3.8, 4) is 5.75 Å². The van der Waals surface area contributed by atoms with Crippen molar-refractivity contribution < 1.29 is 19.4 Å². The lowest BCUT2D eigenvalue weighted by Gasteiger charge is -2.18. The molecule has 1 atom stereocenters. The lowest BCUT2D eigenvalue weighted by atomic mass is 10.0. The highest BCUT2D eigenvalue weighted by atomic mass is 16.5. The minimum atomic E-state index is -0.861. The average molecular weight is 355 g/mol. The zero-order chi connectivity index (χ0) is 18.8. The maximum atomic E-state index is 12.2. The lowest BCUT2D eigenvalue weighted by molar-refractivity contribution is -0.137. The Hall–Kier alpha value is -2.82. The molecule has 0 saturated heterocycles. The van der Waals surface area contributed by atoms with Gasteiger partial charge in [0, 0.05) is 12.5 Å². The quantitative estimate of drug-likeness (QED) is 0.685. The third kappa shape index (κ3) is 7.38. The van der Waals surface area contributed by atoms with Crippen molar-refractivity contribution in [3.63, 3.8) is 0 Å². The Morgan fingerprint density at radius 1 is 1.08 bits per heavy atom. The van der Waals surface area contributed by atoms with E-state index < -0.39 is 5.97 Å². The topological polar surface area (TPSA) is 75.6 Å². The Morgan fingerprint density at radius 2 is 1.85 bits per heavy atom. The molecule has 138 valence electrons. The third-order valence-electron chi connectivity index (χ3n) is 3.98. The average Bonchev–Trinajstić information content (AvgIpc) is 2.60. The fourth-order valence-electron chi connectivity index (χ4n) is 2.69. The van der Waals surface area contributed by atoms with Gasteiger partial charge in [-0.1, -0.05) is 42.5 Å². The number of hydrogen-bond donors (Lipinski definition) is 2. The van der Waals surface area contributed by atoms with Crippen LogP contribution in [0.25, 0.3) is 0 Å². The van der Waals surface area contributed by atoms with Crippen LogP contribution in [0.5, 0.6) is 5.75 Å². The number of carbonyl (C=O) groups is 2. The molecule has 0 spiro atoms. The SMILES string of the molecule is Cc1cccc(OCCC(=O)NC(CCC(=O)O)Cc2ccccc2)c1. The molecule has 1 amide bonds. The van der Waals surface area contributed by atoms with E-state index in [0.29, 0.717) is 12.8 Å². The van der Waals surface area contributed by atoms with Gasteiger partial charge in [0.05, 0.1) is 13.0 Å². The molecule has 2 aromatic carbocycles. The van der Waals surface area contributed by atoms with Crippen LogP contribution in [0.3, 0.4) is 0 Å². The summed E-state index contributed by atoms with van der Waals surface area (Å²) in [6.45, 7) is 2.27. The normalized spacial score (nSPS) is 11.6. The highest BCUT2D eigenvalue weighted by Crippen LogP contribution is 2.13. The number of carbonyl (C=O) groups excluding carboxylic acids is 1. The van der Waals surface area contributed by atoms with Gasteiger partial charge in [0.25, 0.3) is 0 Å². The molecular weight excluding hydrogens is 330 g/mol. The predicted octanol–water partition coefficient (Wildman–Crippen LogP) is 3.36. The number of ether oxygens (including phenoxy) is 1. The number of benzene rings is 2. The number of nitrogens with one attached hydrogen (secondary N) is 1. The van der Waals surface area contributed by atoms with Crippen molar-refractivity contribution in [2.75, 3.05) is 6.61 Å². The smallest absolute Gasteiger partial charge is 0.303 e. The summed E-state index contributed by atoms with van der Waals surface area (Å²) in [6, 6.07) is 17.2. The molecule has 5 nitrogen and oxygen atoms in total. The fraction of sp³-hybridized carbons (Fsp3) is 0.333. The Bertz CT molecular complexity index is 715. The van der Waals surface area contributed by atoms with Crippen molar-refractivity contribution in [2.24, 2.45) is 0 Å². The zero-order valence-electron chi connectivity index (χ0n) is 15.0. The molecule has 0 aliphatic rings. The summed E-state index contributed by atoms with van der Waals surface area (Å²) in [5.74, 6) is -0.256. The molecule has 26 heavy (non-hydrogen) atoms. The number of amides is 1. The van der Waals surface area contributed by atoms with Crippen LogP contribution in [0.15, 0.2) is 54.6 Å². The molecule has 0 aliphatic carbocycles. The first-order chi connectivity index (χ1) is 12.5. The lowest BCUT2D eigenvalue weighted by Crippen LogP contribution is -2.37. The molecule has 0 fully saturated rings. The monoisotopic (exact) mass is 355 g/mol. The van der Waals surface area contributed by atoms with Gasteiger partial charge in [-0.2, -0.15) is 0 Å². The molecule has 0 saturated carbocycles. The first kappa shape index (κ1) is 19.5. The van der Waals surface area contributed by atoms with Crippen molar-refractivity contribution >= 4 is 11.9 Å². The van der Waals surface area contributed by atoms with Crippen LogP contribution in [0.1, 0.15) is 30.4 Å². The van der Waals surface area contributed by atoms with Gasteiger partial charge in [-0.3, -0.25) is 9.59 Å². The second-order valence-electron chi connectivity index (χ2n) is 6.30. The molecule has 2 aromatic rings. The number of hydrogen-bond acceptors (Lipinski definition) is 3. The van der Waals surface area contributed by atoms with Gasteiger partial charge in [-0.25, -0.2) is 0 Å². The molecular formula is C21H25NO4. The summed E-state index contributed by atoms with van der Waals surface area (Å²) < 4.78 is 5.60. The van der Waals surface area contributed by atoms with E-state index in [1.54, 1.807) is 0 Å². The molecule has 1 unspecified atom stereocenters. The summed E-state index contributed by atoms with van der Waals surface area (Å²) >= 11 is 0. The summed E-state index contributed by atoms with van der Waals surface area (Å²) in [7, 11) is 0. The summed E-state index contributed by atoms with van der Waals surface area (Å²) in [5, 5.41) is 11.9.